The first kappa shape index (κ1) is 21.9. The molecule has 0 saturated carbocycles. The second-order valence-corrected chi connectivity index (χ2v) is 6.05. The minimum atomic E-state index is -1.22. The number of benzene rings is 1. The fourth-order valence-corrected chi connectivity index (χ4v) is 3.21. The SMILES string of the molecule is CCOC(=O)C1=C(C=O)N=C(C)C(C(=O)OCCO)C1c1ccccc1[N+](=O)[O-]. The summed E-state index contributed by atoms with van der Waals surface area (Å²) in [6.07, 6.45) is 0.340. The van der Waals surface area contributed by atoms with E-state index in [2.05, 4.69) is 4.99 Å². The van der Waals surface area contributed by atoms with Crippen molar-refractivity contribution in [3.8, 4) is 0 Å². The molecular formula is C19H20N2O8. The molecule has 154 valence electrons. The molecule has 1 aliphatic heterocycles. The van der Waals surface area contributed by atoms with E-state index < -0.39 is 35.3 Å². The Kier molecular flexibility index (Phi) is 7.32. The van der Waals surface area contributed by atoms with Crippen molar-refractivity contribution in [1.29, 1.82) is 0 Å². The standard InChI is InChI=1S/C19H20N2O8/c1-3-28-19(25)17-13(10-23)20-11(2)15(18(24)29-9-8-22)16(17)12-6-4-5-7-14(12)21(26)27/h4-7,10,15-16,22H,3,8-9H2,1-2H3. The monoisotopic (exact) mass is 404 g/mol. The molecule has 1 heterocycles. The molecule has 29 heavy (non-hydrogen) atoms. The molecule has 1 aromatic carbocycles. The third-order valence-electron chi connectivity index (χ3n) is 4.33. The van der Waals surface area contributed by atoms with E-state index in [0.29, 0.717) is 6.29 Å². The number of nitrogens with zero attached hydrogens (tertiary/aromatic N) is 2. The van der Waals surface area contributed by atoms with E-state index in [1.54, 1.807) is 6.92 Å². The molecule has 0 spiro atoms. The molecule has 2 atom stereocenters. The topological polar surface area (TPSA) is 145 Å². The summed E-state index contributed by atoms with van der Waals surface area (Å²) in [5.74, 6) is -4.19. The lowest BCUT2D eigenvalue weighted by atomic mass is 9.75. The minimum absolute atomic E-state index is 0.0135. The van der Waals surface area contributed by atoms with Crippen molar-refractivity contribution in [2.45, 2.75) is 19.8 Å². The van der Waals surface area contributed by atoms with Crippen LogP contribution in [-0.2, 0) is 23.9 Å². The maximum absolute atomic E-state index is 12.7. The van der Waals surface area contributed by atoms with Gasteiger partial charge in [0.25, 0.3) is 5.69 Å². The number of carbonyl (C=O) groups is 3. The summed E-state index contributed by atoms with van der Waals surface area (Å²) in [5, 5.41) is 20.5. The third-order valence-corrected chi connectivity index (χ3v) is 4.33. The number of hydrogen-bond acceptors (Lipinski definition) is 9. The largest absolute Gasteiger partial charge is 0.463 e. The van der Waals surface area contributed by atoms with Gasteiger partial charge >= 0.3 is 11.9 Å². The van der Waals surface area contributed by atoms with E-state index in [1.807, 2.05) is 0 Å². The Hall–Kier alpha value is -3.40. The van der Waals surface area contributed by atoms with Crippen LogP contribution >= 0.6 is 0 Å². The van der Waals surface area contributed by atoms with Gasteiger partial charge in [-0.05, 0) is 13.8 Å². The van der Waals surface area contributed by atoms with Crippen LogP contribution in [0, 0.1) is 16.0 Å². The molecule has 0 amide bonds. The number of rotatable bonds is 8. The lowest BCUT2D eigenvalue weighted by molar-refractivity contribution is -0.385. The zero-order chi connectivity index (χ0) is 21.6. The van der Waals surface area contributed by atoms with E-state index in [1.165, 1.54) is 31.2 Å². The summed E-state index contributed by atoms with van der Waals surface area (Å²) < 4.78 is 10.0. The Morgan fingerprint density at radius 1 is 1.31 bits per heavy atom. The number of nitro benzene ring substituents is 1. The molecule has 1 N–H and O–H groups in total. The van der Waals surface area contributed by atoms with Crippen LogP contribution in [0.25, 0.3) is 0 Å². The number of aliphatic imine (C=N–C) groups is 1. The molecule has 2 rings (SSSR count). The van der Waals surface area contributed by atoms with E-state index >= 15 is 0 Å². The zero-order valence-corrected chi connectivity index (χ0v) is 15.9. The highest BCUT2D eigenvalue weighted by Crippen LogP contribution is 2.43. The van der Waals surface area contributed by atoms with Gasteiger partial charge in [-0.2, -0.15) is 0 Å². The molecule has 1 aliphatic rings. The third kappa shape index (κ3) is 4.54. The predicted molar refractivity (Wildman–Crippen MR) is 100 cm³/mol. The lowest BCUT2D eigenvalue weighted by Gasteiger charge is -2.30. The number of hydrogen-bond donors (Lipinski definition) is 1. The van der Waals surface area contributed by atoms with E-state index in [0.717, 1.165) is 0 Å². The molecule has 10 heteroatoms. The van der Waals surface area contributed by atoms with Crippen LogP contribution in [-0.4, -0.2) is 53.8 Å². The van der Waals surface area contributed by atoms with Crippen LogP contribution < -0.4 is 0 Å². The number of carbonyl (C=O) groups excluding carboxylic acids is 3. The van der Waals surface area contributed by atoms with Crippen LogP contribution in [0.4, 0.5) is 5.69 Å². The van der Waals surface area contributed by atoms with Crippen LogP contribution in [0.15, 0.2) is 40.5 Å². The first-order valence-electron chi connectivity index (χ1n) is 8.79. The molecule has 0 radical (unpaired) electrons. The van der Waals surface area contributed by atoms with Crippen molar-refractivity contribution < 1.29 is 33.9 Å². The maximum Gasteiger partial charge on any atom is 0.336 e. The summed E-state index contributed by atoms with van der Waals surface area (Å²) >= 11 is 0. The Labute approximate surface area is 166 Å². The Balaban J connectivity index is 2.76. The molecular weight excluding hydrogens is 384 g/mol. The van der Waals surface area contributed by atoms with Crippen molar-refractivity contribution in [2.24, 2.45) is 10.9 Å². The highest BCUT2D eigenvalue weighted by molar-refractivity contribution is 6.09. The Morgan fingerprint density at radius 3 is 2.59 bits per heavy atom. The number of aldehydes is 1. The molecule has 10 nitrogen and oxygen atoms in total. The summed E-state index contributed by atoms with van der Waals surface area (Å²) in [6, 6.07) is 5.59. The van der Waals surface area contributed by atoms with Crippen LogP contribution in [0.5, 0.6) is 0 Å². The summed E-state index contributed by atoms with van der Waals surface area (Å²) in [7, 11) is 0. The summed E-state index contributed by atoms with van der Waals surface area (Å²) in [5.41, 5.74) is -0.673. The second kappa shape index (κ2) is 9.69. The first-order valence-corrected chi connectivity index (χ1v) is 8.79. The molecule has 0 aliphatic carbocycles. The number of allylic oxidation sites excluding steroid dienone is 1. The quantitative estimate of drug-likeness (QED) is 0.295. The average Bonchev–Trinajstić information content (AvgIpc) is 2.71. The van der Waals surface area contributed by atoms with Gasteiger partial charge in [0, 0.05) is 23.3 Å². The fraction of sp³-hybridized carbons (Fsp3) is 0.368. The molecule has 2 unspecified atom stereocenters. The number of esters is 2. The van der Waals surface area contributed by atoms with Gasteiger partial charge in [0.15, 0.2) is 6.29 Å². The number of aliphatic hydroxyl groups is 1. The van der Waals surface area contributed by atoms with E-state index in [4.69, 9.17) is 14.6 Å². The molecule has 0 fully saturated rings. The molecule has 0 aromatic heterocycles. The van der Waals surface area contributed by atoms with Crippen molar-refractivity contribution in [3.05, 3.63) is 51.2 Å². The van der Waals surface area contributed by atoms with Crippen molar-refractivity contribution >= 4 is 29.6 Å². The van der Waals surface area contributed by atoms with Gasteiger partial charge in [-0.15, -0.1) is 0 Å². The average molecular weight is 404 g/mol. The summed E-state index contributed by atoms with van der Waals surface area (Å²) in [6.45, 7) is 2.28. The fourth-order valence-electron chi connectivity index (χ4n) is 3.21. The van der Waals surface area contributed by atoms with Crippen LogP contribution in [0.2, 0.25) is 0 Å². The molecule has 1 aromatic rings. The Morgan fingerprint density at radius 2 is 2.00 bits per heavy atom. The van der Waals surface area contributed by atoms with Gasteiger partial charge in [0.05, 0.1) is 23.7 Å². The molecule has 0 bridgehead atoms. The van der Waals surface area contributed by atoms with Crippen molar-refractivity contribution in [2.75, 3.05) is 19.8 Å². The van der Waals surface area contributed by atoms with Gasteiger partial charge in [0.1, 0.15) is 18.2 Å². The van der Waals surface area contributed by atoms with Crippen LogP contribution in [0.1, 0.15) is 25.3 Å². The predicted octanol–water partition coefficient (Wildman–Crippen LogP) is 1.32. The van der Waals surface area contributed by atoms with Crippen molar-refractivity contribution in [1.82, 2.24) is 0 Å². The Bertz CT molecular complexity index is 890. The summed E-state index contributed by atoms with van der Waals surface area (Å²) in [4.78, 5) is 51.9. The maximum atomic E-state index is 12.7. The smallest absolute Gasteiger partial charge is 0.336 e. The lowest BCUT2D eigenvalue weighted by Crippen LogP contribution is -2.37. The number of nitro groups is 1. The normalized spacial score (nSPS) is 18.7. The first-order chi connectivity index (χ1) is 13.9. The molecule has 0 saturated heterocycles. The minimum Gasteiger partial charge on any atom is -0.463 e. The number of ether oxygens (including phenoxy) is 2. The highest BCUT2D eigenvalue weighted by Gasteiger charge is 2.45. The second-order valence-electron chi connectivity index (χ2n) is 6.05. The van der Waals surface area contributed by atoms with E-state index in [-0.39, 0.29) is 41.4 Å². The number of aliphatic hydroxyl groups excluding tert-OH is 1. The van der Waals surface area contributed by atoms with Gasteiger partial charge < -0.3 is 14.6 Å². The van der Waals surface area contributed by atoms with Gasteiger partial charge in [-0.25, -0.2) is 4.79 Å². The zero-order valence-electron chi connectivity index (χ0n) is 15.9. The highest BCUT2D eigenvalue weighted by atomic mass is 16.6. The van der Waals surface area contributed by atoms with Gasteiger partial charge in [0.2, 0.25) is 0 Å². The number of para-hydroxylation sites is 1. The van der Waals surface area contributed by atoms with Gasteiger partial charge in [-0.3, -0.25) is 24.7 Å². The van der Waals surface area contributed by atoms with E-state index in [9.17, 15) is 24.5 Å². The van der Waals surface area contributed by atoms with Crippen LogP contribution in [0.3, 0.4) is 0 Å². The van der Waals surface area contributed by atoms with Gasteiger partial charge in [-0.1, -0.05) is 18.2 Å². The van der Waals surface area contributed by atoms with Crippen molar-refractivity contribution in [3.63, 3.8) is 0 Å².